The normalized spacial score (nSPS) is 15.4. The van der Waals surface area contributed by atoms with E-state index in [2.05, 4.69) is 5.32 Å². The summed E-state index contributed by atoms with van der Waals surface area (Å²) in [5.41, 5.74) is 4.04. The first kappa shape index (κ1) is 22.7. The molecule has 0 aromatic heterocycles. The lowest BCUT2D eigenvalue weighted by Crippen LogP contribution is -2.47. The number of para-hydroxylation sites is 1. The van der Waals surface area contributed by atoms with Gasteiger partial charge in [0.15, 0.2) is 0 Å². The van der Waals surface area contributed by atoms with Crippen molar-refractivity contribution >= 4 is 23.4 Å². The summed E-state index contributed by atoms with van der Waals surface area (Å²) in [5, 5.41) is 2.28. The van der Waals surface area contributed by atoms with Gasteiger partial charge in [-0.3, -0.25) is 19.3 Å². The van der Waals surface area contributed by atoms with E-state index in [0.29, 0.717) is 32.5 Å². The molecule has 29 heavy (non-hydrogen) atoms. The number of nitrogens with zero attached hydrogens (tertiary/aromatic N) is 2. The standard InChI is InChI=1S/C19H25F3N4O3/c1-2-25(12-17(28)26-9-7-13(8-10-26)18(23)29)11-16(27)24-15-6-4-3-5-14(15)19(20,21)22/h3-6,13H,2,7-12H2,1H3,(H2,23,29)(H,24,27). The first-order valence-electron chi connectivity index (χ1n) is 9.37. The maximum absolute atomic E-state index is 13.0. The number of likely N-dealkylation sites (N-methyl/N-ethyl adjacent to an activating group) is 1. The Bertz CT molecular complexity index is 746. The van der Waals surface area contributed by atoms with Crippen LogP contribution in [0.15, 0.2) is 24.3 Å². The van der Waals surface area contributed by atoms with Gasteiger partial charge >= 0.3 is 6.18 Å². The molecule has 0 radical (unpaired) electrons. The van der Waals surface area contributed by atoms with Crippen molar-refractivity contribution in [3.63, 3.8) is 0 Å². The zero-order valence-electron chi connectivity index (χ0n) is 16.2. The third kappa shape index (κ3) is 6.45. The fraction of sp³-hybridized carbons (Fsp3) is 0.526. The highest BCUT2D eigenvalue weighted by Gasteiger charge is 2.33. The van der Waals surface area contributed by atoms with E-state index in [1.165, 1.54) is 18.2 Å². The van der Waals surface area contributed by atoms with Crippen LogP contribution in [0, 0.1) is 5.92 Å². The third-order valence-corrected chi connectivity index (χ3v) is 4.93. The van der Waals surface area contributed by atoms with Crippen molar-refractivity contribution in [2.24, 2.45) is 11.7 Å². The van der Waals surface area contributed by atoms with Gasteiger partial charge in [0.25, 0.3) is 0 Å². The van der Waals surface area contributed by atoms with Crippen molar-refractivity contribution in [2.75, 3.05) is 38.0 Å². The zero-order chi connectivity index (χ0) is 21.6. The van der Waals surface area contributed by atoms with E-state index in [1.54, 1.807) is 16.7 Å². The summed E-state index contributed by atoms with van der Waals surface area (Å²) in [7, 11) is 0. The molecule has 2 rings (SSSR count). The van der Waals surface area contributed by atoms with Gasteiger partial charge in [-0.05, 0) is 31.5 Å². The van der Waals surface area contributed by atoms with Crippen LogP contribution in [0.3, 0.4) is 0 Å². The van der Waals surface area contributed by atoms with Gasteiger partial charge in [0.2, 0.25) is 17.7 Å². The van der Waals surface area contributed by atoms with Crippen molar-refractivity contribution in [1.29, 1.82) is 0 Å². The molecule has 3 amide bonds. The van der Waals surface area contributed by atoms with E-state index in [4.69, 9.17) is 5.73 Å². The Morgan fingerprint density at radius 3 is 2.34 bits per heavy atom. The predicted molar refractivity (Wildman–Crippen MR) is 101 cm³/mol. The first-order valence-corrected chi connectivity index (χ1v) is 9.37. The van der Waals surface area contributed by atoms with Crippen LogP contribution in [0.5, 0.6) is 0 Å². The largest absolute Gasteiger partial charge is 0.418 e. The van der Waals surface area contributed by atoms with Gasteiger partial charge in [0.1, 0.15) is 0 Å². The van der Waals surface area contributed by atoms with E-state index in [9.17, 15) is 27.6 Å². The Kier molecular flexibility index (Phi) is 7.60. The third-order valence-electron chi connectivity index (χ3n) is 4.93. The van der Waals surface area contributed by atoms with E-state index in [-0.39, 0.29) is 36.5 Å². The molecule has 0 saturated carbocycles. The molecule has 1 heterocycles. The van der Waals surface area contributed by atoms with Crippen LogP contribution in [-0.4, -0.2) is 60.2 Å². The summed E-state index contributed by atoms with van der Waals surface area (Å²) in [6.07, 6.45) is -3.58. The number of piperidine rings is 1. The lowest BCUT2D eigenvalue weighted by Gasteiger charge is -2.32. The van der Waals surface area contributed by atoms with E-state index >= 15 is 0 Å². The lowest BCUT2D eigenvalue weighted by atomic mass is 9.96. The second-order valence-corrected chi connectivity index (χ2v) is 6.95. The van der Waals surface area contributed by atoms with E-state index < -0.39 is 17.6 Å². The molecule has 0 unspecified atom stereocenters. The van der Waals surface area contributed by atoms with Gasteiger partial charge in [-0.15, -0.1) is 0 Å². The number of hydrogen-bond donors (Lipinski definition) is 2. The van der Waals surface area contributed by atoms with Gasteiger partial charge in [-0.25, -0.2) is 0 Å². The Morgan fingerprint density at radius 2 is 1.79 bits per heavy atom. The fourth-order valence-electron chi connectivity index (χ4n) is 3.22. The number of carbonyl (C=O) groups is 3. The average molecular weight is 414 g/mol. The molecular weight excluding hydrogens is 389 g/mol. The molecule has 160 valence electrons. The minimum Gasteiger partial charge on any atom is -0.369 e. The van der Waals surface area contributed by atoms with Gasteiger partial charge in [-0.1, -0.05) is 19.1 Å². The molecular formula is C19H25F3N4O3. The number of nitrogens with one attached hydrogen (secondary N) is 1. The number of likely N-dealkylation sites (tertiary alicyclic amines) is 1. The lowest BCUT2D eigenvalue weighted by molar-refractivity contribution is -0.137. The summed E-state index contributed by atoms with van der Waals surface area (Å²) in [5.74, 6) is -1.44. The molecule has 1 aliphatic heterocycles. The summed E-state index contributed by atoms with van der Waals surface area (Å²) in [6, 6.07) is 4.73. The SMILES string of the molecule is CCN(CC(=O)Nc1ccccc1C(F)(F)F)CC(=O)N1CCC(C(N)=O)CC1. The van der Waals surface area contributed by atoms with Crippen LogP contribution < -0.4 is 11.1 Å². The van der Waals surface area contributed by atoms with Crippen LogP contribution in [0.2, 0.25) is 0 Å². The second kappa shape index (κ2) is 9.73. The van der Waals surface area contributed by atoms with Crippen molar-refractivity contribution in [3.8, 4) is 0 Å². The summed E-state index contributed by atoms with van der Waals surface area (Å²) >= 11 is 0. The van der Waals surface area contributed by atoms with Crippen LogP contribution in [0.25, 0.3) is 0 Å². The van der Waals surface area contributed by atoms with Crippen LogP contribution in [0.1, 0.15) is 25.3 Å². The van der Waals surface area contributed by atoms with Crippen LogP contribution >= 0.6 is 0 Å². The van der Waals surface area contributed by atoms with Crippen molar-refractivity contribution in [3.05, 3.63) is 29.8 Å². The molecule has 1 saturated heterocycles. The molecule has 1 fully saturated rings. The van der Waals surface area contributed by atoms with E-state index in [1.807, 2.05) is 0 Å². The number of nitrogens with two attached hydrogens (primary N) is 1. The molecule has 1 aliphatic rings. The van der Waals surface area contributed by atoms with Crippen LogP contribution in [-0.2, 0) is 20.6 Å². The number of amides is 3. The minimum atomic E-state index is -4.58. The zero-order valence-corrected chi connectivity index (χ0v) is 16.2. The number of alkyl halides is 3. The topological polar surface area (TPSA) is 95.7 Å². The van der Waals surface area contributed by atoms with Crippen LogP contribution in [0.4, 0.5) is 18.9 Å². The number of halogens is 3. The summed E-state index contributed by atoms with van der Waals surface area (Å²) in [6.45, 7) is 2.70. The number of anilines is 1. The Morgan fingerprint density at radius 1 is 1.17 bits per heavy atom. The maximum Gasteiger partial charge on any atom is 0.418 e. The van der Waals surface area contributed by atoms with E-state index in [0.717, 1.165) is 6.07 Å². The highest BCUT2D eigenvalue weighted by Crippen LogP contribution is 2.34. The number of rotatable bonds is 7. The molecule has 0 aliphatic carbocycles. The Balaban J connectivity index is 1.91. The minimum absolute atomic E-state index is 0.0356. The number of benzene rings is 1. The summed E-state index contributed by atoms with van der Waals surface area (Å²) in [4.78, 5) is 39.1. The molecule has 0 spiro atoms. The highest BCUT2D eigenvalue weighted by molar-refractivity contribution is 5.93. The maximum atomic E-state index is 13.0. The molecule has 1 aromatic rings. The molecule has 0 bridgehead atoms. The second-order valence-electron chi connectivity index (χ2n) is 6.95. The fourth-order valence-corrected chi connectivity index (χ4v) is 3.22. The highest BCUT2D eigenvalue weighted by atomic mass is 19.4. The molecule has 7 nitrogen and oxygen atoms in total. The quantitative estimate of drug-likeness (QED) is 0.710. The molecule has 0 atom stereocenters. The number of hydrogen-bond acceptors (Lipinski definition) is 4. The van der Waals surface area contributed by atoms with Crippen molar-refractivity contribution in [1.82, 2.24) is 9.80 Å². The molecule has 3 N–H and O–H groups in total. The average Bonchev–Trinajstić information content (AvgIpc) is 2.67. The smallest absolute Gasteiger partial charge is 0.369 e. The van der Waals surface area contributed by atoms with Crippen molar-refractivity contribution in [2.45, 2.75) is 25.9 Å². The molecule has 1 aromatic carbocycles. The van der Waals surface area contributed by atoms with Gasteiger partial charge < -0.3 is 16.0 Å². The molecule has 10 heteroatoms. The number of carbonyl (C=O) groups excluding carboxylic acids is 3. The first-order chi connectivity index (χ1) is 13.6. The monoisotopic (exact) mass is 414 g/mol. The van der Waals surface area contributed by atoms with Gasteiger partial charge in [-0.2, -0.15) is 13.2 Å². The predicted octanol–water partition coefficient (Wildman–Crippen LogP) is 1.69. The van der Waals surface area contributed by atoms with Gasteiger partial charge in [0, 0.05) is 19.0 Å². The Labute approximate surface area is 167 Å². The Hall–Kier alpha value is -2.62. The number of primary amides is 1. The summed E-state index contributed by atoms with van der Waals surface area (Å²) < 4.78 is 39.1. The van der Waals surface area contributed by atoms with Gasteiger partial charge in [0.05, 0.1) is 24.3 Å². The van der Waals surface area contributed by atoms with Crippen molar-refractivity contribution < 1.29 is 27.6 Å².